The third-order valence-corrected chi connectivity index (χ3v) is 3.59. The van der Waals surface area contributed by atoms with Gasteiger partial charge >= 0.3 is 5.97 Å². The first-order valence-electron chi connectivity index (χ1n) is 5.52. The minimum absolute atomic E-state index is 0.407. The van der Waals surface area contributed by atoms with Crippen LogP contribution in [0.3, 0.4) is 0 Å². The SMILES string of the molecule is CC[C@](C)(C(=O)O)N1CCCC[C@H]1C. The molecule has 0 radical (unpaired) electrons. The predicted octanol–water partition coefficient (Wildman–Crippen LogP) is 2.11. The van der Waals surface area contributed by atoms with Gasteiger partial charge in [-0.2, -0.15) is 0 Å². The molecule has 3 nitrogen and oxygen atoms in total. The minimum atomic E-state index is -0.686. The van der Waals surface area contributed by atoms with Crippen LogP contribution >= 0.6 is 0 Å². The highest BCUT2D eigenvalue weighted by atomic mass is 16.4. The van der Waals surface area contributed by atoms with E-state index >= 15 is 0 Å². The summed E-state index contributed by atoms with van der Waals surface area (Å²) >= 11 is 0. The molecular formula is C11H21NO2. The molecule has 3 heteroatoms. The van der Waals surface area contributed by atoms with Crippen molar-refractivity contribution in [3.63, 3.8) is 0 Å². The van der Waals surface area contributed by atoms with Crippen LogP contribution in [-0.2, 0) is 4.79 Å². The first-order valence-corrected chi connectivity index (χ1v) is 5.52. The van der Waals surface area contributed by atoms with E-state index in [1.165, 1.54) is 6.42 Å². The Balaban J connectivity index is 2.81. The zero-order chi connectivity index (χ0) is 10.8. The summed E-state index contributed by atoms with van der Waals surface area (Å²) in [4.78, 5) is 13.4. The molecule has 82 valence electrons. The average molecular weight is 199 g/mol. The Morgan fingerprint density at radius 3 is 2.64 bits per heavy atom. The van der Waals surface area contributed by atoms with E-state index in [-0.39, 0.29) is 0 Å². The van der Waals surface area contributed by atoms with Gasteiger partial charge in [-0.15, -0.1) is 0 Å². The molecule has 1 fully saturated rings. The Morgan fingerprint density at radius 2 is 2.21 bits per heavy atom. The van der Waals surface area contributed by atoms with Crippen LogP contribution in [0.1, 0.15) is 46.5 Å². The summed E-state index contributed by atoms with van der Waals surface area (Å²) in [5.74, 6) is -0.686. The maximum Gasteiger partial charge on any atom is 0.323 e. The predicted molar refractivity (Wildman–Crippen MR) is 56.4 cm³/mol. The first-order chi connectivity index (χ1) is 6.52. The van der Waals surface area contributed by atoms with Gasteiger partial charge in [-0.1, -0.05) is 13.3 Å². The van der Waals surface area contributed by atoms with Gasteiger partial charge in [0.15, 0.2) is 0 Å². The van der Waals surface area contributed by atoms with Crippen LogP contribution < -0.4 is 0 Å². The van der Waals surface area contributed by atoms with Gasteiger partial charge in [0.25, 0.3) is 0 Å². The molecule has 14 heavy (non-hydrogen) atoms. The summed E-state index contributed by atoms with van der Waals surface area (Å²) in [7, 11) is 0. The minimum Gasteiger partial charge on any atom is -0.480 e. The fourth-order valence-electron chi connectivity index (χ4n) is 2.31. The summed E-state index contributed by atoms with van der Waals surface area (Å²) in [5, 5.41) is 9.26. The van der Waals surface area contributed by atoms with Gasteiger partial charge in [0.1, 0.15) is 5.54 Å². The van der Waals surface area contributed by atoms with E-state index in [0.29, 0.717) is 12.5 Å². The standard InChI is InChI=1S/C11H21NO2/c1-4-11(3,10(13)14)12-8-6-5-7-9(12)2/h9H,4-8H2,1-3H3,(H,13,14)/t9-,11-/m1/s1. The van der Waals surface area contributed by atoms with E-state index in [1.54, 1.807) is 0 Å². The maximum absolute atomic E-state index is 11.3. The van der Waals surface area contributed by atoms with Crippen LogP contribution in [0.25, 0.3) is 0 Å². The second-order valence-corrected chi connectivity index (χ2v) is 4.47. The molecule has 0 bridgehead atoms. The highest BCUT2D eigenvalue weighted by Gasteiger charge is 2.40. The van der Waals surface area contributed by atoms with E-state index in [9.17, 15) is 9.90 Å². The molecule has 0 aromatic carbocycles. The molecule has 0 spiro atoms. The molecule has 0 aliphatic carbocycles. The number of hydrogen-bond donors (Lipinski definition) is 1. The Kier molecular flexibility index (Phi) is 3.53. The molecule has 0 aromatic rings. The number of carboxylic acid groups (broad SMARTS) is 1. The first kappa shape index (κ1) is 11.5. The summed E-state index contributed by atoms with van der Waals surface area (Å²) in [6.07, 6.45) is 4.17. The molecule has 1 aliphatic rings. The van der Waals surface area contributed by atoms with E-state index in [2.05, 4.69) is 11.8 Å². The van der Waals surface area contributed by atoms with Crippen molar-refractivity contribution in [3.05, 3.63) is 0 Å². The van der Waals surface area contributed by atoms with Gasteiger partial charge < -0.3 is 5.11 Å². The molecule has 1 aliphatic heterocycles. The number of rotatable bonds is 3. The molecule has 0 unspecified atom stereocenters. The van der Waals surface area contributed by atoms with Crippen LogP contribution in [0.5, 0.6) is 0 Å². The summed E-state index contributed by atoms with van der Waals surface area (Å²) in [6.45, 7) is 6.86. The van der Waals surface area contributed by atoms with Crippen molar-refractivity contribution in [2.24, 2.45) is 0 Å². The topological polar surface area (TPSA) is 40.5 Å². The third kappa shape index (κ3) is 1.92. The number of likely N-dealkylation sites (tertiary alicyclic amines) is 1. The van der Waals surface area contributed by atoms with Gasteiger partial charge in [-0.05, 0) is 39.7 Å². The Bertz CT molecular complexity index is 217. The fourth-order valence-corrected chi connectivity index (χ4v) is 2.31. The smallest absolute Gasteiger partial charge is 0.323 e. The molecule has 1 N–H and O–H groups in total. The molecule has 0 amide bonds. The van der Waals surface area contributed by atoms with Crippen LogP contribution in [0.2, 0.25) is 0 Å². The second-order valence-electron chi connectivity index (χ2n) is 4.47. The number of carbonyl (C=O) groups is 1. The zero-order valence-corrected chi connectivity index (χ0v) is 9.42. The van der Waals surface area contributed by atoms with E-state index in [1.807, 2.05) is 13.8 Å². The number of hydrogen-bond acceptors (Lipinski definition) is 2. The Morgan fingerprint density at radius 1 is 1.57 bits per heavy atom. The van der Waals surface area contributed by atoms with Crippen molar-refractivity contribution in [1.29, 1.82) is 0 Å². The molecule has 0 saturated carbocycles. The highest BCUT2D eigenvalue weighted by Crippen LogP contribution is 2.28. The molecule has 1 heterocycles. The van der Waals surface area contributed by atoms with Crippen LogP contribution in [-0.4, -0.2) is 34.1 Å². The number of carboxylic acids is 1. The quantitative estimate of drug-likeness (QED) is 0.756. The molecule has 1 rings (SSSR count). The second kappa shape index (κ2) is 4.30. The number of aliphatic carboxylic acids is 1. The van der Waals surface area contributed by atoms with Crippen LogP contribution in [0.4, 0.5) is 0 Å². The van der Waals surface area contributed by atoms with Crippen LogP contribution in [0.15, 0.2) is 0 Å². The monoisotopic (exact) mass is 199 g/mol. The van der Waals surface area contributed by atoms with E-state index < -0.39 is 11.5 Å². The number of piperidine rings is 1. The van der Waals surface area contributed by atoms with E-state index in [0.717, 1.165) is 19.4 Å². The van der Waals surface area contributed by atoms with E-state index in [4.69, 9.17) is 0 Å². The normalized spacial score (nSPS) is 28.4. The maximum atomic E-state index is 11.3. The van der Waals surface area contributed by atoms with Crippen molar-refractivity contribution in [1.82, 2.24) is 4.90 Å². The van der Waals surface area contributed by atoms with Crippen molar-refractivity contribution in [2.45, 2.75) is 58.0 Å². The van der Waals surface area contributed by atoms with Gasteiger partial charge in [-0.25, -0.2) is 0 Å². The highest BCUT2D eigenvalue weighted by molar-refractivity contribution is 5.78. The molecule has 2 atom stereocenters. The van der Waals surface area contributed by atoms with Crippen molar-refractivity contribution < 1.29 is 9.90 Å². The lowest BCUT2D eigenvalue weighted by Gasteiger charge is -2.44. The summed E-state index contributed by atoms with van der Waals surface area (Å²) in [5.41, 5.74) is -0.667. The number of nitrogens with zero attached hydrogens (tertiary/aromatic N) is 1. The molecule has 0 aromatic heterocycles. The van der Waals surface area contributed by atoms with Gasteiger partial charge in [0, 0.05) is 6.04 Å². The van der Waals surface area contributed by atoms with Gasteiger partial charge in [0.2, 0.25) is 0 Å². The Hall–Kier alpha value is -0.570. The van der Waals surface area contributed by atoms with Crippen LogP contribution in [0, 0.1) is 0 Å². The van der Waals surface area contributed by atoms with Crippen molar-refractivity contribution in [3.8, 4) is 0 Å². The fraction of sp³-hybridized carbons (Fsp3) is 0.909. The third-order valence-electron chi connectivity index (χ3n) is 3.59. The molecule has 1 saturated heterocycles. The van der Waals surface area contributed by atoms with Gasteiger partial charge in [0.05, 0.1) is 0 Å². The summed E-state index contributed by atoms with van der Waals surface area (Å²) < 4.78 is 0. The zero-order valence-electron chi connectivity index (χ0n) is 9.42. The van der Waals surface area contributed by atoms with Crippen molar-refractivity contribution in [2.75, 3.05) is 6.54 Å². The van der Waals surface area contributed by atoms with Crippen molar-refractivity contribution >= 4 is 5.97 Å². The summed E-state index contributed by atoms with van der Waals surface area (Å²) in [6, 6.07) is 0.407. The molecular weight excluding hydrogens is 178 g/mol. The average Bonchev–Trinajstić information content (AvgIpc) is 2.17. The largest absolute Gasteiger partial charge is 0.480 e. The lowest BCUT2D eigenvalue weighted by atomic mass is 9.90. The Labute approximate surface area is 86.1 Å². The lowest BCUT2D eigenvalue weighted by Crippen LogP contribution is -2.57. The lowest BCUT2D eigenvalue weighted by molar-refractivity contribution is -0.153. The van der Waals surface area contributed by atoms with Gasteiger partial charge in [-0.3, -0.25) is 9.69 Å².